The molecule has 0 saturated carbocycles. The summed E-state index contributed by atoms with van der Waals surface area (Å²) in [4.78, 5) is 8.95. The molecule has 1 aromatic heterocycles. The van der Waals surface area contributed by atoms with Gasteiger partial charge in [0.15, 0.2) is 11.5 Å². The third kappa shape index (κ3) is 4.03. The third-order valence-electron chi connectivity index (χ3n) is 3.51. The predicted molar refractivity (Wildman–Crippen MR) is 90.6 cm³/mol. The Balaban J connectivity index is 1.71. The van der Waals surface area contributed by atoms with Gasteiger partial charge in [0.1, 0.15) is 5.82 Å². The minimum Gasteiger partial charge on any atom is -0.454 e. The van der Waals surface area contributed by atoms with Crippen molar-refractivity contribution in [2.24, 2.45) is 5.92 Å². The van der Waals surface area contributed by atoms with Crippen molar-refractivity contribution in [3.8, 4) is 11.5 Å². The first kappa shape index (κ1) is 15.4. The fourth-order valence-corrected chi connectivity index (χ4v) is 2.31. The normalized spacial score (nSPS) is 12.5. The molecule has 6 nitrogen and oxygen atoms in total. The Morgan fingerprint density at radius 3 is 2.78 bits per heavy atom. The highest BCUT2D eigenvalue weighted by Gasteiger charge is 2.13. The molecule has 0 atom stereocenters. The van der Waals surface area contributed by atoms with Gasteiger partial charge < -0.3 is 20.1 Å². The lowest BCUT2D eigenvalue weighted by molar-refractivity contribution is 0.174. The summed E-state index contributed by atoms with van der Waals surface area (Å²) in [6.45, 7) is 7.54. The molecule has 3 rings (SSSR count). The lowest BCUT2D eigenvalue weighted by atomic mass is 10.1. The topological polar surface area (TPSA) is 68.3 Å². The van der Waals surface area contributed by atoms with E-state index in [1.807, 2.05) is 31.2 Å². The summed E-state index contributed by atoms with van der Waals surface area (Å²) >= 11 is 0. The van der Waals surface area contributed by atoms with Gasteiger partial charge in [0.05, 0.1) is 0 Å². The fraction of sp³-hybridized carbons (Fsp3) is 0.412. The van der Waals surface area contributed by atoms with E-state index in [4.69, 9.17) is 9.47 Å². The van der Waals surface area contributed by atoms with E-state index in [0.717, 1.165) is 41.7 Å². The van der Waals surface area contributed by atoms with E-state index in [9.17, 15) is 0 Å². The van der Waals surface area contributed by atoms with Crippen LogP contribution in [0, 0.1) is 12.8 Å². The van der Waals surface area contributed by atoms with Crippen molar-refractivity contribution in [1.29, 1.82) is 0 Å². The Kier molecular flexibility index (Phi) is 4.50. The van der Waals surface area contributed by atoms with E-state index >= 15 is 0 Å². The first-order chi connectivity index (χ1) is 11.1. The van der Waals surface area contributed by atoms with Gasteiger partial charge in [-0.3, -0.25) is 0 Å². The Hall–Kier alpha value is -2.50. The van der Waals surface area contributed by atoms with Crippen LogP contribution < -0.4 is 20.1 Å². The average molecular weight is 314 g/mol. The number of aryl methyl sites for hydroxylation is 1. The quantitative estimate of drug-likeness (QED) is 0.847. The zero-order chi connectivity index (χ0) is 16.2. The number of nitrogens with zero attached hydrogens (tertiary/aromatic N) is 2. The van der Waals surface area contributed by atoms with E-state index in [1.165, 1.54) is 0 Å². The van der Waals surface area contributed by atoms with Crippen molar-refractivity contribution in [1.82, 2.24) is 9.97 Å². The zero-order valence-corrected chi connectivity index (χ0v) is 13.7. The molecule has 1 aliphatic rings. The molecule has 0 fully saturated rings. The minimum absolute atomic E-state index is 0.268. The molecular formula is C17H22N4O2. The highest BCUT2D eigenvalue weighted by Crippen LogP contribution is 2.34. The monoisotopic (exact) mass is 314 g/mol. The van der Waals surface area contributed by atoms with E-state index in [1.54, 1.807) is 0 Å². The second-order valence-corrected chi connectivity index (χ2v) is 6.02. The number of anilines is 3. The number of hydrogen-bond donors (Lipinski definition) is 2. The van der Waals surface area contributed by atoms with Crippen LogP contribution >= 0.6 is 0 Å². The SMILES string of the molecule is Cc1cc(NCCC(C)C)nc(Nc2ccc3c(c2)OCO3)n1. The summed E-state index contributed by atoms with van der Waals surface area (Å²) in [6.07, 6.45) is 1.11. The smallest absolute Gasteiger partial charge is 0.231 e. The first-order valence-corrected chi connectivity index (χ1v) is 7.86. The Morgan fingerprint density at radius 1 is 1.13 bits per heavy atom. The number of hydrogen-bond acceptors (Lipinski definition) is 6. The van der Waals surface area contributed by atoms with E-state index in [0.29, 0.717) is 11.9 Å². The number of fused-ring (bicyclic) bond motifs is 1. The van der Waals surface area contributed by atoms with Gasteiger partial charge in [-0.25, -0.2) is 4.98 Å². The fourth-order valence-electron chi connectivity index (χ4n) is 2.31. The van der Waals surface area contributed by atoms with E-state index < -0.39 is 0 Å². The van der Waals surface area contributed by atoms with E-state index in [-0.39, 0.29) is 6.79 Å². The third-order valence-corrected chi connectivity index (χ3v) is 3.51. The molecule has 6 heteroatoms. The summed E-state index contributed by atoms with van der Waals surface area (Å²) in [5.74, 6) is 3.56. The van der Waals surface area contributed by atoms with E-state index in [2.05, 4.69) is 34.4 Å². The number of aromatic nitrogens is 2. The minimum atomic E-state index is 0.268. The lowest BCUT2D eigenvalue weighted by Gasteiger charge is -2.11. The highest BCUT2D eigenvalue weighted by atomic mass is 16.7. The molecular weight excluding hydrogens is 292 g/mol. The summed E-state index contributed by atoms with van der Waals surface area (Å²) in [7, 11) is 0. The summed E-state index contributed by atoms with van der Waals surface area (Å²) in [5.41, 5.74) is 1.78. The van der Waals surface area contributed by atoms with Crippen molar-refractivity contribution >= 4 is 17.5 Å². The molecule has 0 saturated heterocycles. The maximum atomic E-state index is 5.38. The summed E-state index contributed by atoms with van der Waals surface area (Å²) < 4.78 is 10.7. The molecule has 23 heavy (non-hydrogen) atoms. The van der Waals surface area contributed by atoms with Crippen molar-refractivity contribution in [3.63, 3.8) is 0 Å². The van der Waals surface area contributed by atoms with Gasteiger partial charge in [0.25, 0.3) is 0 Å². The van der Waals surface area contributed by atoms with Gasteiger partial charge in [-0.15, -0.1) is 0 Å². The van der Waals surface area contributed by atoms with Gasteiger partial charge in [-0.1, -0.05) is 13.8 Å². The van der Waals surface area contributed by atoms with Crippen LogP contribution in [0.4, 0.5) is 17.5 Å². The van der Waals surface area contributed by atoms with Crippen LogP contribution in [-0.4, -0.2) is 23.3 Å². The van der Waals surface area contributed by atoms with Gasteiger partial charge in [0.2, 0.25) is 12.7 Å². The van der Waals surface area contributed by atoms with Gasteiger partial charge >= 0.3 is 0 Å². The van der Waals surface area contributed by atoms with Crippen LogP contribution in [0.25, 0.3) is 0 Å². The highest BCUT2D eigenvalue weighted by molar-refractivity contribution is 5.61. The second kappa shape index (κ2) is 6.73. The molecule has 2 N–H and O–H groups in total. The summed E-state index contributed by atoms with van der Waals surface area (Å²) in [6, 6.07) is 7.64. The largest absolute Gasteiger partial charge is 0.454 e. The Labute approximate surface area is 136 Å². The molecule has 0 aliphatic carbocycles. The molecule has 0 unspecified atom stereocenters. The molecule has 0 amide bonds. The number of nitrogens with one attached hydrogen (secondary N) is 2. The molecule has 1 aromatic carbocycles. The number of benzene rings is 1. The molecule has 0 bridgehead atoms. The number of ether oxygens (including phenoxy) is 2. The molecule has 0 spiro atoms. The standard InChI is InChI=1S/C17H22N4O2/c1-11(2)6-7-18-16-8-12(3)19-17(21-16)20-13-4-5-14-15(9-13)23-10-22-14/h4-5,8-9,11H,6-7,10H2,1-3H3,(H2,18,19,20,21). The number of rotatable bonds is 6. The molecule has 1 aliphatic heterocycles. The maximum absolute atomic E-state index is 5.38. The van der Waals surface area contributed by atoms with Crippen LogP contribution in [0.2, 0.25) is 0 Å². The van der Waals surface area contributed by atoms with Crippen molar-refractivity contribution < 1.29 is 9.47 Å². The second-order valence-electron chi connectivity index (χ2n) is 6.02. The van der Waals surface area contributed by atoms with Crippen LogP contribution in [0.3, 0.4) is 0 Å². The Bertz CT molecular complexity index is 688. The van der Waals surface area contributed by atoms with Crippen LogP contribution in [0.1, 0.15) is 26.0 Å². The first-order valence-electron chi connectivity index (χ1n) is 7.86. The van der Waals surface area contributed by atoms with Gasteiger partial charge in [-0.2, -0.15) is 4.98 Å². The van der Waals surface area contributed by atoms with Gasteiger partial charge in [-0.05, 0) is 31.4 Å². The van der Waals surface area contributed by atoms with Crippen molar-refractivity contribution in [2.45, 2.75) is 27.2 Å². The molecule has 2 heterocycles. The molecule has 2 aromatic rings. The Morgan fingerprint density at radius 2 is 1.96 bits per heavy atom. The van der Waals surface area contributed by atoms with Crippen LogP contribution in [0.5, 0.6) is 11.5 Å². The average Bonchev–Trinajstić information content (AvgIpc) is 2.94. The van der Waals surface area contributed by atoms with Gasteiger partial charge in [0, 0.05) is 30.1 Å². The van der Waals surface area contributed by atoms with Crippen LogP contribution in [0.15, 0.2) is 24.3 Å². The summed E-state index contributed by atoms with van der Waals surface area (Å²) in [5, 5.41) is 6.57. The predicted octanol–water partition coefficient (Wildman–Crippen LogP) is 3.72. The lowest BCUT2D eigenvalue weighted by Crippen LogP contribution is -2.08. The zero-order valence-electron chi connectivity index (χ0n) is 13.7. The van der Waals surface area contributed by atoms with Crippen LogP contribution in [-0.2, 0) is 0 Å². The van der Waals surface area contributed by atoms with Crippen molar-refractivity contribution in [2.75, 3.05) is 24.0 Å². The molecule has 122 valence electrons. The maximum Gasteiger partial charge on any atom is 0.231 e. The molecule has 0 radical (unpaired) electrons. The van der Waals surface area contributed by atoms with Crippen molar-refractivity contribution in [3.05, 3.63) is 30.0 Å².